The van der Waals surface area contributed by atoms with Crippen LogP contribution in [0.4, 0.5) is 0 Å². The lowest BCUT2D eigenvalue weighted by Gasteiger charge is -2.31. The van der Waals surface area contributed by atoms with E-state index in [-0.39, 0.29) is 18.0 Å². The summed E-state index contributed by atoms with van der Waals surface area (Å²) in [5, 5.41) is 1.15. The van der Waals surface area contributed by atoms with Gasteiger partial charge < -0.3 is 9.47 Å². The van der Waals surface area contributed by atoms with Crippen LogP contribution in [0.5, 0.6) is 0 Å². The average molecular weight is 267 g/mol. The third kappa shape index (κ3) is 2.47. The van der Waals surface area contributed by atoms with E-state index in [9.17, 15) is 4.79 Å². The van der Waals surface area contributed by atoms with Gasteiger partial charge in [0, 0.05) is 6.92 Å². The highest BCUT2D eigenvalue weighted by molar-refractivity contribution is 8.14. The number of hydrogen-bond donors (Lipinski definition) is 0. The van der Waals surface area contributed by atoms with Gasteiger partial charge in [-0.2, -0.15) is 0 Å². The number of ether oxygens (including phenoxy) is 2. The summed E-state index contributed by atoms with van der Waals surface area (Å²) in [5.41, 5.74) is -0.519. The first-order valence-corrected chi connectivity index (χ1v) is 7.24. The number of fused-ring (bicyclic) bond motifs is 1. The van der Waals surface area contributed by atoms with Gasteiger partial charge in [0.2, 0.25) is 0 Å². The van der Waals surface area contributed by atoms with Gasteiger partial charge in [-0.05, 0) is 25.2 Å². The van der Waals surface area contributed by atoms with E-state index >= 15 is 0 Å². The van der Waals surface area contributed by atoms with E-state index < -0.39 is 5.54 Å². The van der Waals surface area contributed by atoms with Crippen LogP contribution in [0.2, 0.25) is 0 Å². The summed E-state index contributed by atoms with van der Waals surface area (Å²) in [6.07, 6.45) is 7.69. The number of carbonyl (C=O) groups is 1. The van der Waals surface area contributed by atoms with Crippen LogP contribution in [0.25, 0.3) is 0 Å². The molecular formula is C13H17NO3S. The van der Waals surface area contributed by atoms with Crippen molar-refractivity contribution >= 4 is 22.8 Å². The van der Waals surface area contributed by atoms with E-state index in [1.54, 1.807) is 11.8 Å². The molecule has 2 aliphatic heterocycles. The van der Waals surface area contributed by atoms with Gasteiger partial charge in [0.05, 0.1) is 11.7 Å². The molecule has 2 unspecified atom stereocenters. The molecule has 3 aliphatic rings. The molecule has 2 heterocycles. The molecule has 0 bridgehead atoms. The fraction of sp³-hybridized carbons (Fsp3) is 0.692. The SMILES string of the molecule is CC(=O)OCC12C=CCOC1SC(CC1CC1)=N2. The van der Waals surface area contributed by atoms with Crippen LogP contribution in [-0.4, -0.2) is 35.2 Å². The zero-order valence-corrected chi connectivity index (χ0v) is 11.2. The summed E-state index contributed by atoms with van der Waals surface area (Å²) in [4.78, 5) is 15.8. The number of carbonyl (C=O) groups excluding carboxylic acids is 1. The maximum Gasteiger partial charge on any atom is 0.302 e. The fourth-order valence-corrected chi connectivity index (χ4v) is 3.61. The predicted octanol–water partition coefficient (Wildman–Crippen LogP) is 2.15. The molecule has 0 aromatic rings. The average Bonchev–Trinajstić information content (AvgIpc) is 3.06. The number of esters is 1. The Bertz CT molecular complexity index is 416. The van der Waals surface area contributed by atoms with Crippen molar-refractivity contribution in [2.24, 2.45) is 10.9 Å². The van der Waals surface area contributed by atoms with Crippen molar-refractivity contribution in [1.82, 2.24) is 0 Å². The summed E-state index contributed by atoms with van der Waals surface area (Å²) in [5.74, 6) is 0.545. The third-order valence-corrected chi connectivity index (χ3v) is 4.69. The van der Waals surface area contributed by atoms with Crippen LogP contribution in [0.3, 0.4) is 0 Å². The Hall–Kier alpha value is -0.810. The second-order valence-electron chi connectivity index (χ2n) is 5.11. The Labute approximate surface area is 111 Å². The van der Waals surface area contributed by atoms with Crippen molar-refractivity contribution in [2.75, 3.05) is 13.2 Å². The molecule has 5 heteroatoms. The normalized spacial score (nSPS) is 34.1. The van der Waals surface area contributed by atoms with Gasteiger partial charge in [0.25, 0.3) is 0 Å². The molecule has 2 atom stereocenters. The van der Waals surface area contributed by atoms with Crippen molar-refractivity contribution < 1.29 is 14.3 Å². The Morgan fingerprint density at radius 3 is 3.22 bits per heavy atom. The van der Waals surface area contributed by atoms with Crippen LogP contribution < -0.4 is 0 Å². The summed E-state index contributed by atoms with van der Waals surface area (Å²) in [7, 11) is 0. The molecule has 0 N–H and O–H groups in total. The van der Waals surface area contributed by atoms with Crippen molar-refractivity contribution in [3.05, 3.63) is 12.2 Å². The smallest absolute Gasteiger partial charge is 0.302 e. The monoisotopic (exact) mass is 267 g/mol. The first-order valence-electron chi connectivity index (χ1n) is 6.36. The molecule has 3 rings (SSSR count). The van der Waals surface area contributed by atoms with Gasteiger partial charge in [-0.25, -0.2) is 0 Å². The maximum absolute atomic E-state index is 11.0. The van der Waals surface area contributed by atoms with E-state index in [1.165, 1.54) is 19.8 Å². The highest BCUT2D eigenvalue weighted by Gasteiger charge is 2.47. The Balaban J connectivity index is 1.75. The zero-order chi connectivity index (χ0) is 12.6. The molecule has 0 aromatic heterocycles. The molecule has 0 spiro atoms. The number of hydrogen-bond acceptors (Lipinski definition) is 5. The van der Waals surface area contributed by atoms with E-state index in [4.69, 9.17) is 14.5 Å². The van der Waals surface area contributed by atoms with Crippen LogP contribution in [0, 0.1) is 5.92 Å². The van der Waals surface area contributed by atoms with Gasteiger partial charge in [0.1, 0.15) is 17.6 Å². The largest absolute Gasteiger partial charge is 0.463 e. The Kier molecular flexibility index (Phi) is 3.20. The van der Waals surface area contributed by atoms with Gasteiger partial charge in [-0.15, -0.1) is 0 Å². The number of thioether (sulfide) groups is 1. The van der Waals surface area contributed by atoms with E-state index in [0.717, 1.165) is 17.4 Å². The molecule has 0 saturated heterocycles. The highest BCUT2D eigenvalue weighted by Crippen LogP contribution is 2.44. The first-order chi connectivity index (χ1) is 8.68. The minimum atomic E-state index is -0.487. The summed E-state index contributed by atoms with van der Waals surface area (Å²) in [6, 6.07) is 0. The first kappa shape index (κ1) is 12.2. The quantitative estimate of drug-likeness (QED) is 0.578. The van der Waals surface area contributed by atoms with Crippen molar-refractivity contribution in [2.45, 2.75) is 37.2 Å². The van der Waals surface area contributed by atoms with Crippen molar-refractivity contribution in [3.8, 4) is 0 Å². The summed E-state index contributed by atoms with van der Waals surface area (Å²) >= 11 is 1.70. The van der Waals surface area contributed by atoms with Crippen LogP contribution in [0.1, 0.15) is 26.2 Å². The molecule has 0 aromatic carbocycles. The van der Waals surface area contributed by atoms with Gasteiger partial charge in [-0.3, -0.25) is 9.79 Å². The molecule has 4 nitrogen and oxygen atoms in total. The Morgan fingerprint density at radius 1 is 1.67 bits per heavy atom. The van der Waals surface area contributed by atoms with Crippen LogP contribution >= 0.6 is 11.8 Å². The standard InChI is InChI=1S/C13H17NO3S/c1-9(15)17-8-13-5-2-6-16-12(13)18-11(14-13)7-10-3-4-10/h2,5,10,12H,3-4,6-8H2,1H3. The lowest BCUT2D eigenvalue weighted by atomic mass is 10.0. The number of nitrogens with zero attached hydrogens (tertiary/aromatic N) is 1. The van der Waals surface area contributed by atoms with E-state index in [2.05, 4.69) is 0 Å². The molecular weight excluding hydrogens is 250 g/mol. The second-order valence-corrected chi connectivity index (χ2v) is 6.25. The van der Waals surface area contributed by atoms with Crippen LogP contribution in [0.15, 0.2) is 17.1 Å². The fourth-order valence-electron chi connectivity index (χ4n) is 2.25. The van der Waals surface area contributed by atoms with Crippen molar-refractivity contribution in [1.29, 1.82) is 0 Å². The molecule has 0 radical (unpaired) electrons. The second kappa shape index (κ2) is 4.70. The van der Waals surface area contributed by atoms with Gasteiger partial charge >= 0.3 is 5.97 Å². The molecule has 0 amide bonds. The number of aliphatic imine (C=N–C) groups is 1. The zero-order valence-electron chi connectivity index (χ0n) is 10.4. The lowest BCUT2D eigenvalue weighted by Crippen LogP contribution is -2.43. The minimum Gasteiger partial charge on any atom is -0.463 e. The van der Waals surface area contributed by atoms with Gasteiger partial charge in [-0.1, -0.05) is 23.9 Å². The lowest BCUT2D eigenvalue weighted by molar-refractivity contribution is -0.143. The number of rotatable bonds is 4. The molecule has 1 fully saturated rings. The molecule has 1 aliphatic carbocycles. The molecule has 1 saturated carbocycles. The minimum absolute atomic E-state index is 0.0319. The summed E-state index contributed by atoms with van der Waals surface area (Å²) < 4.78 is 10.9. The van der Waals surface area contributed by atoms with E-state index in [0.29, 0.717) is 6.61 Å². The van der Waals surface area contributed by atoms with Crippen LogP contribution in [-0.2, 0) is 14.3 Å². The summed E-state index contributed by atoms with van der Waals surface area (Å²) in [6.45, 7) is 2.33. The maximum atomic E-state index is 11.0. The van der Waals surface area contributed by atoms with Gasteiger partial charge in [0.15, 0.2) is 0 Å². The highest BCUT2D eigenvalue weighted by atomic mass is 32.2. The van der Waals surface area contributed by atoms with E-state index in [1.807, 2.05) is 12.2 Å². The molecule has 98 valence electrons. The molecule has 18 heavy (non-hydrogen) atoms. The predicted molar refractivity (Wildman–Crippen MR) is 70.6 cm³/mol. The topological polar surface area (TPSA) is 47.9 Å². The Morgan fingerprint density at radius 2 is 2.50 bits per heavy atom. The van der Waals surface area contributed by atoms with Crippen molar-refractivity contribution in [3.63, 3.8) is 0 Å². The third-order valence-electron chi connectivity index (χ3n) is 3.40.